The van der Waals surface area contributed by atoms with Crippen LogP contribution in [0.25, 0.3) is 0 Å². The molecule has 1 aromatic rings. The minimum Gasteiger partial charge on any atom is -0.443 e. The molecule has 114 valence electrons. The van der Waals surface area contributed by atoms with Crippen LogP contribution in [-0.4, -0.2) is 35.7 Å². The van der Waals surface area contributed by atoms with Gasteiger partial charge in [0, 0.05) is 18.9 Å². The fraction of sp³-hybridized carbons (Fsp3) is 0.588. The van der Waals surface area contributed by atoms with Crippen LogP contribution in [0.3, 0.4) is 0 Å². The number of nitrogens with two attached hydrogens (primary N) is 1. The highest BCUT2D eigenvalue weighted by atomic mass is 16.6. The van der Waals surface area contributed by atoms with E-state index in [9.17, 15) is 4.79 Å². The summed E-state index contributed by atoms with van der Waals surface area (Å²) in [5.74, 6) is -0.270. The molecule has 0 saturated carbocycles. The first-order valence-electron chi connectivity index (χ1n) is 7.86. The van der Waals surface area contributed by atoms with Crippen molar-refractivity contribution in [1.82, 2.24) is 4.90 Å². The Kier molecular flexibility index (Phi) is 4.00. The van der Waals surface area contributed by atoms with E-state index in [1.54, 1.807) is 0 Å². The van der Waals surface area contributed by atoms with Crippen molar-refractivity contribution in [1.29, 1.82) is 0 Å². The summed E-state index contributed by atoms with van der Waals surface area (Å²) < 4.78 is 5.88. The van der Waals surface area contributed by atoms with Gasteiger partial charge in [0.2, 0.25) is 0 Å². The summed E-state index contributed by atoms with van der Waals surface area (Å²) in [7, 11) is 2.08. The average Bonchev–Trinajstić information content (AvgIpc) is 2.67. The Morgan fingerprint density at radius 3 is 2.90 bits per heavy atom. The van der Waals surface area contributed by atoms with Crippen LogP contribution in [0.5, 0.6) is 0 Å². The number of esters is 1. The van der Waals surface area contributed by atoms with Crippen molar-refractivity contribution in [3.8, 4) is 0 Å². The van der Waals surface area contributed by atoms with E-state index < -0.39 is 11.8 Å². The summed E-state index contributed by atoms with van der Waals surface area (Å²) in [5.41, 5.74) is 6.72. The van der Waals surface area contributed by atoms with Crippen LogP contribution in [-0.2, 0) is 16.0 Å². The molecule has 4 nitrogen and oxygen atoms in total. The molecule has 0 aromatic heterocycles. The van der Waals surface area contributed by atoms with E-state index in [-0.39, 0.29) is 5.97 Å². The highest BCUT2D eigenvalue weighted by Gasteiger charge is 2.49. The fourth-order valence-electron chi connectivity index (χ4n) is 3.74. The minimum absolute atomic E-state index is 0.270. The quantitative estimate of drug-likeness (QED) is 0.862. The number of piperidine rings is 1. The van der Waals surface area contributed by atoms with Gasteiger partial charge in [-0.15, -0.1) is 0 Å². The second kappa shape index (κ2) is 5.78. The van der Waals surface area contributed by atoms with Gasteiger partial charge in [-0.05, 0) is 38.3 Å². The molecule has 2 N–H and O–H groups in total. The van der Waals surface area contributed by atoms with Crippen molar-refractivity contribution in [3.63, 3.8) is 0 Å². The van der Waals surface area contributed by atoms with Gasteiger partial charge < -0.3 is 10.5 Å². The van der Waals surface area contributed by atoms with Gasteiger partial charge >= 0.3 is 5.97 Å². The Bertz CT molecular complexity index is 501. The topological polar surface area (TPSA) is 55.6 Å². The molecule has 2 aliphatic rings. The lowest BCUT2D eigenvalue weighted by molar-refractivity contribution is -0.186. The zero-order chi connectivity index (χ0) is 14.9. The molecule has 0 radical (unpaired) electrons. The summed E-state index contributed by atoms with van der Waals surface area (Å²) in [6.45, 7) is 0. The van der Waals surface area contributed by atoms with Crippen molar-refractivity contribution in [3.05, 3.63) is 35.9 Å². The molecule has 21 heavy (non-hydrogen) atoms. The second-order valence-electron chi connectivity index (χ2n) is 6.36. The zero-order valence-electron chi connectivity index (χ0n) is 12.6. The molecule has 2 aliphatic heterocycles. The molecule has 1 aromatic carbocycles. The summed E-state index contributed by atoms with van der Waals surface area (Å²) in [6, 6.07) is 9.84. The monoisotopic (exact) mass is 288 g/mol. The Balaban J connectivity index is 1.63. The zero-order valence-corrected chi connectivity index (χ0v) is 12.6. The van der Waals surface area contributed by atoms with E-state index >= 15 is 0 Å². The first-order chi connectivity index (χ1) is 10.1. The van der Waals surface area contributed by atoms with Crippen LogP contribution >= 0.6 is 0 Å². The van der Waals surface area contributed by atoms with Crippen molar-refractivity contribution < 1.29 is 9.53 Å². The number of hydrogen-bond acceptors (Lipinski definition) is 4. The Labute approximate surface area is 126 Å². The van der Waals surface area contributed by atoms with Crippen molar-refractivity contribution in [2.75, 3.05) is 7.05 Å². The normalized spacial score (nSPS) is 30.1. The maximum absolute atomic E-state index is 12.4. The number of nitrogens with zero attached hydrogens (tertiary/aromatic N) is 1. The third kappa shape index (κ3) is 2.83. The lowest BCUT2D eigenvalue weighted by atomic mass is 10.00. The molecule has 0 aliphatic carbocycles. The van der Waals surface area contributed by atoms with E-state index in [1.165, 1.54) is 6.42 Å². The SMILES string of the molecule is CN1[C@@H]2CCC[C@@]1(OC(=O)[C@@H](N)Cc1ccccc1)CC2. The van der Waals surface area contributed by atoms with Crippen LogP contribution in [0.1, 0.15) is 37.7 Å². The number of carbonyl (C=O) groups excluding carboxylic acids is 1. The molecule has 2 fully saturated rings. The molecule has 2 heterocycles. The van der Waals surface area contributed by atoms with Crippen molar-refractivity contribution >= 4 is 5.97 Å². The van der Waals surface area contributed by atoms with Crippen LogP contribution < -0.4 is 5.73 Å². The summed E-state index contributed by atoms with van der Waals surface area (Å²) in [6.07, 6.45) is 5.88. The molecule has 3 atom stereocenters. The number of rotatable bonds is 4. The summed E-state index contributed by atoms with van der Waals surface area (Å²) >= 11 is 0. The smallest absolute Gasteiger partial charge is 0.325 e. The Morgan fingerprint density at radius 1 is 1.38 bits per heavy atom. The third-order valence-corrected chi connectivity index (χ3v) is 5.06. The van der Waals surface area contributed by atoms with Crippen LogP contribution in [0.15, 0.2) is 30.3 Å². The van der Waals surface area contributed by atoms with Crippen LogP contribution in [0, 0.1) is 0 Å². The van der Waals surface area contributed by atoms with Gasteiger partial charge in [-0.2, -0.15) is 0 Å². The number of carbonyl (C=O) groups is 1. The van der Waals surface area contributed by atoms with Gasteiger partial charge in [0.1, 0.15) is 6.04 Å². The number of ether oxygens (including phenoxy) is 1. The Hall–Kier alpha value is -1.39. The lowest BCUT2D eigenvalue weighted by Crippen LogP contribution is -2.53. The first kappa shape index (κ1) is 14.5. The van der Waals surface area contributed by atoms with Gasteiger partial charge in [0.05, 0.1) is 0 Å². The van der Waals surface area contributed by atoms with E-state index in [4.69, 9.17) is 10.5 Å². The fourth-order valence-corrected chi connectivity index (χ4v) is 3.74. The van der Waals surface area contributed by atoms with E-state index in [2.05, 4.69) is 11.9 Å². The summed E-state index contributed by atoms with van der Waals surface area (Å²) in [5, 5.41) is 0. The summed E-state index contributed by atoms with van der Waals surface area (Å²) in [4.78, 5) is 14.6. The molecule has 0 spiro atoms. The maximum atomic E-state index is 12.4. The molecular formula is C17H24N2O2. The van der Waals surface area contributed by atoms with Gasteiger partial charge in [-0.25, -0.2) is 0 Å². The first-order valence-corrected chi connectivity index (χ1v) is 7.86. The highest BCUT2D eigenvalue weighted by molar-refractivity contribution is 5.76. The van der Waals surface area contributed by atoms with Gasteiger partial charge in [-0.1, -0.05) is 30.3 Å². The highest BCUT2D eigenvalue weighted by Crippen LogP contribution is 2.43. The number of benzene rings is 1. The largest absolute Gasteiger partial charge is 0.443 e. The van der Waals surface area contributed by atoms with Gasteiger partial charge in [0.25, 0.3) is 0 Å². The van der Waals surface area contributed by atoms with E-state index in [1.807, 2.05) is 30.3 Å². The maximum Gasteiger partial charge on any atom is 0.325 e. The standard InChI is InChI=1S/C17H24N2O2/c1-19-14-8-5-10-17(19,11-9-14)21-16(20)15(18)12-13-6-3-2-4-7-13/h2-4,6-7,14-15H,5,8-12,18H2,1H3/t14-,15+,17-/m1/s1. The van der Waals surface area contributed by atoms with Gasteiger partial charge in [-0.3, -0.25) is 9.69 Å². The van der Waals surface area contributed by atoms with Crippen molar-refractivity contribution in [2.24, 2.45) is 5.73 Å². The molecular weight excluding hydrogens is 264 g/mol. The Morgan fingerprint density at radius 2 is 2.14 bits per heavy atom. The molecule has 0 unspecified atom stereocenters. The predicted octanol–water partition coefficient (Wildman–Crippen LogP) is 2.07. The minimum atomic E-state index is -0.587. The van der Waals surface area contributed by atoms with E-state index in [0.29, 0.717) is 12.5 Å². The molecule has 2 saturated heterocycles. The molecule has 2 bridgehead atoms. The number of fused-ring (bicyclic) bond motifs is 2. The lowest BCUT2D eigenvalue weighted by Gasteiger charge is -2.42. The molecule has 0 amide bonds. The third-order valence-electron chi connectivity index (χ3n) is 5.06. The average molecular weight is 288 g/mol. The van der Waals surface area contributed by atoms with Crippen LogP contribution in [0.2, 0.25) is 0 Å². The number of hydrogen-bond donors (Lipinski definition) is 1. The van der Waals surface area contributed by atoms with E-state index in [0.717, 1.165) is 31.2 Å². The van der Waals surface area contributed by atoms with Crippen LogP contribution in [0.4, 0.5) is 0 Å². The predicted molar refractivity (Wildman–Crippen MR) is 81.6 cm³/mol. The van der Waals surface area contributed by atoms with Crippen molar-refractivity contribution in [2.45, 2.75) is 56.3 Å². The molecule has 3 rings (SSSR count). The second-order valence-corrected chi connectivity index (χ2v) is 6.36. The van der Waals surface area contributed by atoms with Gasteiger partial charge in [0.15, 0.2) is 5.72 Å². The molecule has 4 heteroatoms.